The molecule has 112 valence electrons. The van der Waals surface area contributed by atoms with Crippen molar-refractivity contribution in [2.24, 2.45) is 0 Å². The van der Waals surface area contributed by atoms with Gasteiger partial charge in [0.1, 0.15) is 11.0 Å². The molecule has 1 heterocycles. The summed E-state index contributed by atoms with van der Waals surface area (Å²) in [6.07, 6.45) is 0.554. The molecule has 2 atom stereocenters. The van der Waals surface area contributed by atoms with Crippen LogP contribution in [-0.4, -0.2) is 41.5 Å². The Balaban J connectivity index is 1.86. The summed E-state index contributed by atoms with van der Waals surface area (Å²) in [5.41, 5.74) is 0. The second kappa shape index (κ2) is 5.51. The second-order valence-electron chi connectivity index (χ2n) is 5.36. The number of benzene rings is 2. The Kier molecular flexibility index (Phi) is 3.86. The first-order valence-electron chi connectivity index (χ1n) is 6.80. The van der Waals surface area contributed by atoms with Gasteiger partial charge in [-0.15, -0.1) is 0 Å². The van der Waals surface area contributed by atoms with Gasteiger partial charge in [-0.2, -0.15) is 0 Å². The van der Waals surface area contributed by atoms with E-state index >= 15 is 0 Å². The Labute approximate surface area is 127 Å². The highest BCUT2D eigenvalue weighted by atomic mass is 32.2. The first-order valence-corrected chi connectivity index (χ1v) is 9.73. The van der Waals surface area contributed by atoms with E-state index in [1.807, 2.05) is 42.5 Å². The standard InChI is InChI=1S/C15H17NO3S2/c1-16(14-8-9-21(18,19)11-14)20(17)15-7-6-12-4-2-3-5-13(12)10-15/h2-7,10,14H,8-9,11H2,1H3/t14-,20+/m0/s1. The molecule has 2 aromatic carbocycles. The summed E-state index contributed by atoms with van der Waals surface area (Å²) in [5, 5.41) is 2.14. The van der Waals surface area contributed by atoms with Crippen molar-refractivity contribution in [2.45, 2.75) is 17.4 Å². The molecule has 0 bridgehead atoms. The first kappa shape index (κ1) is 14.7. The predicted octanol–water partition coefficient (Wildman–Crippen LogP) is 1.98. The van der Waals surface area contributed by atoms with Crippen LogP contribution in [0.15, 0.2) is 47.4 Å². The molecule has 0 unspecified atom stereocenters. The molecule has 3 rings (SSSR count). The Morgan fingerprint density at radius 1 is 1.14 bits per heavy atom. The maximum atomic E-state index is 12.6. The third kappa shape index (κ3) is 3.02. The monoisotopic (exact) mass is 323 g/mol. The fraction of sp³-hybridized carbons (Fsp3) is 0.333. The molecule has 21 heavy (non-hydrogen) atoms. The number of rotatable bonds is 3. The summed E-state index contributed by atoms with van der Waals surface area (Å²) in [5.74, 6) is 0.291. The molecule has 0 N–H and O–H groups in total. The minimum absolute atomic E-state index is 0.100. The van der Waals surface area contributed by atoms with Gasteiger partial charge in [-0.3, -0.25) is 0 Å². The fourth-order valence-corrected chi connectivity index (χ4v) is 5.70. The molecule has 0 saturated carbocycles. The Bertz CT molecular complexity index is 801. The maximum Gasteiger partial charge on any atom is 0.151 e. The largest absolute Gasteiger partial charge is 0.237 e. The van der Waals surface area contributed by atoms with Gasteiger partial charge in [0, 0.05) is 13.1 Å². The van der Waals surface area contributed by atoms with E-state index in [-0.39, 0.29) is 17.5 Å². The van der Waals surface area contributed by atoms with Crippen LogP contribution >= 0.6 is 0 Å². The number of hydrogen-bond acceptors (Lipinski definition) is 3. The number of sulfone groups is 1. The van der Waals surface area contributed by atoms with Crippen LogP contribution in [-0.2, 0) is 20.8 Å². The number of nitrogens with zero attached hydrogens (tertiary/aromatic N) is 1. The van der Waals surface area contributed by atoms with E-state index in [4.69, 9.17) is 0 Å². The van der Waals surface area contributed by atoms with Crippen LogP contribution in [0.1, 0.15) is 6.42 Å². The lowest BCUT2D eigenvalue weighted by molar-refractivity contribution is 0.422. The normalized spacial score (nSPS) is 22.7. The lowest BCUT2D eigenvalue weighted by Crippen LogP contribution is -2.34. The van der Waals surface area contributed by atoms with E-state index in [9.17, 15) is 12.6 Å². The van der Waals surface area contributed by atoms with Crippen LogP contribution in [0.5, 0.6) is 0 Å². The summed E-state index contributed by atoms with van der Waals surface area (Å²) >= 11 is 0. The molecule has 0 radical (unpaired) electrons. The predicted molar refractivity (Wildman–Crippen MR) is 85.2 cm³/mol. The van der Waals surface area contributed by atoms with Gasteiger partial charge in [-0.1, -0.05) is 30.3 Å². The van der Waals surface area contributed by atoms with E-state index in [2.05, 4.69) is 0 Å². The molecule has 0 aliphatic carbocycles. The van der Waals surface area contributed by atoms with E-state index in [1.165, 1.54) is 0 Å². The van der Waals surface area contributed by atoms with Crippen molar-refractivity contribution in [3.63, 3.8) is 0 Å². The zero-order valence-corrected chi connectivity index (χ0v) is 13.4. The summed E-state index contributed by atoms with van der Waals surface area (Å²) in [6, 6.07) is 13.4. The van der Waals surface area contributed by atoms with Gasteiger partial charge in [0.15, 0.2) is 9.84 Å². The second-order valence-corrected chi connectivity index (χ2v) is 9.14. The zero-order chi connectivity index (χ0) is 15.0. The van der Waals surface area contributed by atoms with Crippen molar-refractivity contribution < 1.29 is 12.6 Å². The van der Waals surface area contributed by atoms with Gasteiger partial charge in [0.2, 0.25) is 0 Å². The van der Waals surface area contributed by atoms with Crippen LogP contribution in [0.3, 0.4) is 0 Å². The summed E-state index contributed by atoms with van der Waals surface area (Å²) < 4.78 is 37.4. The molecule has 1 aliphatic heterocycles. The highest BCUT2D eigenvalue weighted by Crippen LogP contribution is 2.23. The summed E-state index contributed by atoms with van der Waals surface area (Å²) in [4.78, 5) is 0.709. The van der Waals surface area contributed by atoms with E-state index in [0.717, 1.165) is 10.8 Å². The van der Waals surface area contributed by atoms with Crippen molar-refractivity contribution in [1.29, 1.82) is 0 Å². The van der Waals surface area contributed by atoms with Crippen LogP contribution < -0.4 is 0 Å². The minimum atomic E-state index is -2.97. The molecule has 1 saturated heterocycles. The van der Waals surface area contributed by atoms with Gasteiger partial charge in [-0.25, -0.2) is 16.9 Å². The van der Waals surface area contributed by atoms with Gasteiger partial charge in [0.05, 0.1) is 16.4 Å². The summed E-state index contributed by atoms with van der Waals surface area (Å²) in [7, 11) is -2.57. The van der Waals surface area contributed by atoms with Crippen molar-refractivity contribution in [3.05, 3.63) is 42.5 Å². The van der Waals surface area contributed by atoms with E-state index in [0.29, 0.717) is 11.3 Å². The van der Waals surface area contributed by atoms with Crippen LogP contribution in [0.25, 0.3) is 10.8 Å². The molecule has 4 nitrogen and oxygen atoms in total. The van der Waals surface area contributed by atoms with Crippen LogP contribution in [0, 0.1) is 0 Å². The van der Waals surface area contributed by atoms with Gasteiger partial charge in [-0.05, 0) is 29.3 Å². The average Bonchev–Trinajstić information content (AvgIpc) is 2.85. The molecule has 0 aromatic heterocycles. The van der Waals surface area contributed by atoms with Gasteiger partial charge >= 0.3 is 0 Å². The van der Waals surface area contributed by atoms with Crippen LogP contribution in [0.2, 0.25) is 0 Å². The third-order valence-electron chi connectivity index (χ3n) is 3.91. The van der Waals surface area contributed by atoms with Crippen molar-refractivity contribution >= 4 is 31.6 Å². The lowest BCUT2D eigenvalue weighted by Gasteiger charge is -2.21. The Morgan fingerprint density at radius 2 is 1.86 bits per heavy atom. The van der Waals surface area contributed by atoms with E-state index < -0.39 is 20.8 Å². The van der Waals surface area contributed by atoms with Gasteiger partial charge in [0.25, 0.3) is 0 Å². The number of hydrogen-bond donors (Lipinski definition) is 0. The smallest absolute Gasteiger partial charge is 0.151 e. The third-order valence-corrected chi connectivity index (χ3v) is 7.14. The van der Waals surface area contributed by atoms with Crippen molar-refractivity contribution in [1.82, 2.24) is 4.31 Å². The minimum Gasteiger partial charge on any atom is -0.237 e. The number of fused-ring (bicyclic) bond motifs is 1. The molecule has 2 aromatic rings. The lowest BCUT2D eigenvalue weighted by atomic mass is 10.1. The quantitative estimate of drug-likeness (QED) is 0.868. The Hall–Kier alpha value is -1.24. The Morgan fingerprint density at radius 3 is 2.52 bits per heavy atom. The molecule has 1 aliphatic rings. The van der Waals surface area contributed by atoms with Crippen molar-refractivity contribution in [3.8, 4) is 0 Å². The zero-order valence-electron chi connectivity index (χ0n) is 11.7. The average molecular weight is 323 g/mol. The first-order chi connectivity index (χ1) is 9.96. The molecule has 1 fully saturated rings. The fourth-order valence-electron chi connectivity index (χ4n) is 2.64. The SMILES string of the molecule is CN([C@H]1CCS(=O)(=O)C1)[S@](=O)c1ccc2ccccc2c1. The molecule has 0 spiro atoms. The highest BCUT2D eigenvalue weighted by Gasteiger charge is 2.33. The maximum absolute atomic E-state index is 12.6. The molecular weight excluding hydrogens is 306 g/mol. The van der Waals surface area contributed by atoms with E-state index in [1.54, 1.807) is 11.4 Å². The topological polar surface area (TPSA) is 54.5 Å². The summed E-state index contributed by atoms with van der Waals surface area (Å²) in [6.45, 7) is 0. The molecule has 0 amide bonds. The van der Waals surface area contributed by atoms with Gasteiger partial charge < -0.3 is 0 Å². The molecule has 6 heteroatoms. The molecular formula is C15H17NO3S2. The van der Waals surface area contributed by atoms with Crippen molar-refractivity contribution in [2.75, 3.05) is 18.6 Å². The van der Waals surface area contributed by atoms with Crippen LogP contribution in [0.4, 0.5) is 0 Å². The highest BCUT2D eigenvalue weighted by molar-refractivity contribution is 7.91.